The molecule has 1 atom stereocenters. The summed E-state index contributed by atoms with van der Waals surface area (Å²) in [5, 5.41) is 12.0. The first-order chi connectivity index (χ1) is 21.4. The van der Waals surface area contributed by atoms with Crippen molar-refractivity contribution in [3.05, 3.63) is 79.2 Å². The van der Waals surface area contributed by atoms with Crippen LogP contribution in [0.25, 0.3) is 21.8 Å². The van der Waals surface area contributed by atoms with Crippen molar-refractivity contribution in [3.63, 3.8) is 0 Å². The van der Waals surface area contributed by atoms with E-state index in [1.807, 2.05) is 6.07 Å². The van der Waals surface area contributed by atoms with Gasteiger partial charge in [0.1, 0.15) is 5.82 Å². The Balaban J connectivity index is 1.28. The molecule has 1 saturated carbocycles. The third-order valence-electron chi connectivity index (χ3n) is 8.62. The number of anilines is 1. The molecule has 1 aliphatic carbocycles. The first-order valence-electron chi connectivity index (χ1n) is 14.7. The number of carbonyl (C=O) groups excluding carboxylic acids is 1. The number of halogens is 3. The topological polar surface area (TPSA) is 135 Å². The van der Waals surface area contributed by atoms with Crippen molar-refractivity contribution in [3.8, 4) is 6.07 Å². The summed E-state index contributed by atoms with van der Waals surface area (Å²) in [7, 11) is 0. The second kappa shape index (κ2) is 11.2. The number of amides is 2. The molecule has 14 heteroatoms. The maximum Gasteiger partial charge on any atom is 0.331 e. The van der Waals surface area contributed by atoms with Crippen LogP contribution in [0.15, 0.2) is 51.0 Å². The maximum absolute atomic E-state index is 15.4. The van der Waals surface area contributed by atoms with E-state index in [0.717, 1.165) is 10.6 Å². The Morgan fingerprint density at radius 3 is 2.58 bits per heavy atom. The molecule has 234 valence electrons. The number of nitrogens with zero attached hydrogens (tertiary/aromatic N) is 6. The van der Waals surface area contributed by atoms with Crippen LogP contribution in [0.1, 0.15) is 57.2 Å². The van der Waals surface area contributed by atoms with Gasteiger partial charge in [0.15, 0.2) is 0 Å². The van der Waals surface area contributed by atoms with E-state index < -0.39 is 59.9 Å². The summed E-state index contributed by atoms with van der Waals surface area (Å²) >= 11 is 0. The van der Waals surface area contributed by atoms with E-state index in [1.54, 1.807) is 19.9 Å². The molecule has 1 saturated heterocycles. The molecule has 2 fully saturated rings. The summed E-state index contributed by atoms with van der Waals surface area (Å²) in [6.07, 6.45) is 1.69. The zero-order valence-corrected chi connectivity index (χ0v) is 24.6. The van der Waals surface area contributed by atoms with Crippen molar-refractivity contribution in [1.82, 2.24) is 23.6 Å². The molecule has 0 unspecified atom stereocenters. The van der Waals surface area contributed by atoms with E-state index in [2.05, 4.69) is 10.3 Å². The smallest absolute Gasteiger partial charge is 0.322 e. The molecule has 1 aliphatic heterocycles. The predicted molar refractivity (Wildman–Crippen MR) is 160 cm³/mol. The first kappa shape index (κ1) is 30.1. The minimum atomic E-state index is -2.82. The molecule has 0 spiro atoms. The Labute approximate surface area is 254 Å². The molecular weight excluding hydrogens is 591 g/mol. The van der Waals surface area contributed by atoms with E-state index in [4.69, 9.17) is 5.26 Å². The normalized spacial score (nSPS) is 18.2. The molecule has 4 aromatic rings. The van der Waals surface area contributed by atoms with E-state index in [1.165, 1.54) is 38.6 Å². The van der Waals surface area contributed by atoms with Crippen LogP contribution < -0.4 is 22.1 Å². The van der Waals surface area contributed by atoms with Gasteiger partial charge < -0.3 is 10.2 Å². The Morgan fingerprint density at radius 2 is 1.89 bits per heavy atom. The Bertz CT molecular complexity index is 2070. The summed E-state index contributed by atoms with van der Waals surface area (Å²) in [6.45, 7) is 3.66. The van der Waals surface area contributed by atoms with Gasteiger partial charge in [-0.3, -0.25) is 23.3 Å². The van der Waals surface area contributed by atoms with E-state index in [0.29, 0.717) is 35.9 Å². The fraction of sp³-hybridized carbons (Fsp3) is 0.419. The van der Waals surface area contributed by atoms with Gasteiger partial charge in [-0.25, -0.2) is 27.7 Å². The monoisotopic (exact) mass is 621 g/mol. The van der Waals surface area contributed by atoms with Gasteiger partial charge in [-0.2, -0.15) is 5.26 Å². The molecule has 2 amide bonds. The van der Waals surface area contributed by atoms with Gasteiger partial charge in [0.2, 0.25) is 5.92 Å². The van der Waals surface area contributed by atoms with Crippen LogP contribution in [-0.2, 0) is 6.54 Å². The van der Waals surface area contributed by atoms with Gasteiger partial charge in [0, 0.05) is 44.6 Å². The van der Waals surface area contributed by atoms with Gasteiger partial charge in [0.05, 0.1) is 51.5 Å². The Hall–Kier alpha value is -4.93. The van der Waals surface area contributed by atoms with Crippen molar-refractivity contribution in [2.24, 2.45) is 5.92 Å². The lowest BCUT2D eigenvalue weighted by molar-refractivity contribution is -0.114. The van der Waals surface area contributed by atoms with Crippen molar-refractivity contribution >= 4 is 33.5 Å². The predicted octanol–water partition coefficient (Wildman–Crippen LogP) is 4.38. The van der Waals surface area contributed by atoms with Gasteiger partial charge in [-0.05, 0) is 56.9 Å². The number of nitriles is 1. The largest absolute Gasteiger partial charge is 0.331 e. The molecule has 2 aliphatic rings. The van der Waals surface area contributed by atoms with Crippen LogP contribution >= 0.6 is 0 Å². The van der Waals surface area contributed by atoms with Gasteiger partial charge in [-0.1, -0.05) is 0 Å². The highest BCUT2D eigenvalue weighted by Gasteiger charge is 2.45. The maximum atomic E-state index is 15.4. The molecule has 0 bridgehead atoms. The molecule has 2 aromatic carbocycles. The number of aromatic nitrogens is 4. The number of alkyl halides is 2. The second-order valence-corrected chi connectivity index (χ2v) is 12.1. The van der Waals surface area contributed by atoms with Crippen LogP contribution in [0.5, 0.6) is 0 Å². The third-order valence-corrected chi connectivity index (χ3v) is 8.62. The summed E-state index contributed by atoms with van der Waals surface area (Å²) in [4.78, 5) is 59.0. The molecular formula is C31H30F3N7O4. The average molecular weight is 622 g/mol. The number of likely N-dealkylation sites (tertiary alicyclic amines) is 1. The van der Waals surface area contributed by atoms with E-state index in [9.17, 15) is 28.0 Å². The molecule has 45 heavy (non-hydrogen) atoms. The van der Waals surface area contributed by atoms with Gasteiger partial charge in [0.25, 0.3) is 11.1 Å². The number of hydrogen-bond acceptors (Lipinski definition) is 6. The molecule has 3 heterocycles. The molecule has 6 rings (SSSR count). The number of nitrogens with one attached hydrogen (secondary N) is 1. The van der Waals surface area contributed by atoms with E-state index >= 15 is 4.39 Å². The lowest BCUT2D eigenvalue weighted by atomic mass is 9.81. The van der Waals surface area contributed by atoms with Crippen LogP contribution in [0.4, 0.5) is 23.7 Å². The molecule has 0 radical (unpaired) electrons. The first-order valence-corrected chi connectivity index (χ1v) is 14.7. The number of urea groups is 1. The summed E-state index contributed by atoms with van der Waals surface area (Å²) in [6, 6.07) is 7.29. The SMILES string of the molecule is CC(C)n1c(=O)n(CC2CC(F)(F)C2)c(=O)c2cc(NC(=O)N3CCC[C@@H](n4cnc5cc(C#N)ccc5c4=O)C3)c(F)cc21. The Morgan fingerprint density at radius 1 is 1.13 bits per heavy atom. The molecule has 11 nitrogen and oxygen atoms in total. The average Bonchev–Trinajstić information content (AvgIpc) is 2.99. The van der Waals surface area contributed by atoms with Gasteiger partial charge in [-0.15, -0.1) is 0 Å². The number of hydrogen-bond donors (Lipinski definition) is 1. The lowest BCUT2D eigenvalue weighted by Crippen LogP contribution is -2.46. The van der Waals surface area contributed by atoms with Crippen molar-refractivity contribution in [2.75, 3.05) is 18.4 Å². The molecule has 2 aromatic heterocycles. The van der Waals surface area contributed by atoms with Crippen molar-refractivity contribution < 1.29 is 18.0 Å². The minimum Gasteiger partial charge on any atom is -0.322 e. The quantitative estimate of drug-likeness (QED) is 0.352. The van der Waals surface area contributed by atoms with E-state index in [-0.39, 0.29) is 35.2 Å². The van der Waals surface area contributed by atoms with Crippen LogP contribution in [0.2, 0.25) is 0 Å². The molecule has 1 N–H and O–H groups in total. The Kier molecular flexibility index (Phi) is 7.50. The number of carbonyl (C=O) groups is 1. The third kappa shape index (κ3) is 5.47. The number of benzene rings is 2. The number of rotatable bonds is 5. The minimum absolute atomic E-state index is 0.0315. The number of piperidine rings is 1. The van der Waals surface area contributed by atoms with Crippen LogP contribution in [-0.4, -0.2) is 48.6 Å². The lowest BCUT2D eigenvalue weighted by Gasteiger charge is -2.35. The van der Waals surface area contributed by atoms with Crippen LogP contribution in [0, 0.1) is 23.1 Å². The summed E-state index contributed by atoms with van der Waals surface area (Å²) in [5.41, 5.74) is -1.24. The number of fused-ring (bicyclic) bond motifs is 2. The zero-order valence-electron chi connectivity index (χ0n) is 24.6. The standard InChI is InChI=1S/C31H30F3N7O4/c1-17(2)41-26-10-23(32)25(9-22(26)28(43)39(30(41)45)14-19-11-31(33,34)12-19)37-29(44)38-7-3-4-20(15-38)40-16-36-24-8-18(13-35)5-6-21(24)27(40)42/h5-6,8-10,16-17,19-20H,3-4,7,11-12,14-15H2,1-2H3,(H,37,44)/t20-/m1/s1. The van der Waals surface area contributed by atoms with Crippen molar-refractivity contribution in [2.45, 2.75) is 64.1 Å². The van der Waals surface area contributed by atoms with Gasteiger partial charge >= 0.3 is 11.7 Å². The highest BCUT2D eigenvalue weighted by Crippen LogP contribution is 2.42. The second-order valence-electron chi connectivity index (χ2n) is 12.1. The van der Waals surface area contributed by atoms with Crippen molar-refractivity contribution in [1.29, 1.82) is 5.26 Å². The zero-order chi connectivity index (χ0) is 32.2. The fourth-order valence-corrected chi connectivity index (χ4v) is 6.35. The summed E-state index contributed by atoms with van der Waals surface area (Å²) < 4.78 is 45.9. The summed E-state index contributed by atoms with van der Waals surface area (Å²) in [5.74, 6) is -4.23. The van der Waals surface area contributed by atoms with Crippen LogP contribution in [0.3, 0.4) is 0 Å². The fourth-order valence-electron chi connectivity index (χ4n) is 6.35. The highest BCUT2D eigenvalue weighted by molar-refractivity contribution is 5.93. The highest BCUT2D eigenvalue weighted by atomic mass is 19.3.